The molecule has 1 amide bonds. The Morgan fingerprint density at radius 2 is 1.89 bits per heavy atom. The molecule has 0 saturated carbocycles. The van der Waals surface area contributed by atoms with Gasteiger partial charge in [0.05, 0.1) is 6.42 Å². The first kappa shape index (κ1) is 12.8. The molecule has 92 valence electrons. The van der Waals surface area contributed by atoms with Crippen LogP contribution in [-0.4, -0.2) is 15.9 Å². The number of carbonyl (C=O) groups excluding carboxylic acids is 1. The van der Waals surface area contributed by atoms with E-state index in [-0.39, 0.29) is 23.4 Å². The van der Waals surface area contributed by atoms with Crippen LogP contribution in [0.2, 0.25) is 10.2 Å². The van der Waals surface area contributed by atoms with Gasteiger partial charge >= 0.3 is 0 Å². The minimum Gasteiger partial charge on any atom is -0.294 e. The van der Waals surface area contributed by atoms with Gasteiger partial charge in [-0.25, -0.2) is 9.97 Å². The van der Waals surface area contributed by atoms with Gasteiger partial charge in [0.1, 0.15) is 5.15 Å². The van der Waals surface area contributed by atoms with Gasteiger partial charge in [-0.15, -0.1) is 0 Å². The number of rotatable bonds is 3. The molecule has 0 fully saturated rings. The largest absolute Gasteiger partial charge is 0.294 e. The zero-order valence-corrected chi connectivity index (χ0v) is 10.7. The Morgan fingerprint density at radius 1 is 1.17 bits per heavy atom. The van der Waals surface area contributed by atoms with Gasteiger partial charge in [0, 0.05) is 11.2 Å². The first-order valence-corrected chi connectivity index (χ1v) is 5.92. The summed E-state index contributed by atoms with van der Waals surface area (Å²) in [5.41, 5.74) is 0.860. The van der Waals surface area contributed by atoms with Crippen LogP contribution in [0, 0.1) is 0 Å². The molecule has 0 radical (unpaired) electrons. The second kappa shape index (κ2) is 5.80. The fraction of sp³-hybridized carbons (Fsp3) is 0.0833. The van der Waals surface area contributed by atoms with E-state index < -0.39 is 0 Å². The second-order valence-electron chi connectivity index (χ2n) is 3.55. The third-order valence-electron chi connectivity index (χ3n) is 2.15. The molecule has 0 spiro atoms. The summed E-state index contributed by atoms with van der Waals surface area (Å²) < 4.78 is 0. The molecule has 0 aliphatic carbocycles. The van der Waals surface area contributed by atoms with Gasteiger partial charge in [-0.3, -0.25) is 10.1 Å². The summed E-state index contributed by atoms with van der Waals surface area (Å²) in [4.78, 5) is 19.5. The normalized spacial score (nSPS) is 10.1. The molecular formula is C12H9Cl2N3O. The highest BCUT2D eigenvalue weighted by atomic mass is 35.5. The zero-order chi connectivity index (χ0) is 13.0. The molecule has 0 aliphatic rings. The van der Waals surface area contributed by atoms with Crippen molar-refractivity contribution in [3.05, 3.63) is 52.3 Å². The maximum Gasteiger partial charge on any atom is 0.231 e. The molecule has 4 nitrogen and oxygen atoms in total. The topological polar surface area (TPSA) is 54.9 Å². The third-order valence-corrected chi connectivity index (χ3v) is 2.61. The number of hydrogen-bond acceptors (Lipinski definition) is 3. The molecule has 2 aromatic rings. The Balaban J connectivity index is 1.98. The van der Waals surface area contributed by atoms with E-state index in [1.54, 1.807) is 24.3 Å². The molecule has 2 rings (SSSR count). The van der Waals surface area contributed by atoms with Crippen LogP contribution in [-0.2, 0) is 11.2 Å². The fourth-order valence-electron chi connectivity index (χ4n) is 1.35. The maximum absolute atomic E-state index is 11.7. The summed E-state index contributed by atoms with van der Waals surface area (Å²) in [5, 5.41) is 3.49. The summed E-state index contributed by atoms with van der Waals surface area (Å²) in [5.74, 6) is -0.0129. The maximum atomic E-state index is 11.7. The number of aromatic nitrogens is 2. The van der Waals surface area contributed by atoms with E-state index >= 15 is 0 Å². The van der Waals surface area contributed by atoms with Crippen LogP contribution in [0.25, 0.3) is 0 Å². The molecule has 1 N–H and O–H groups in total. The lowest BCUT2D eigenvalue weighted by Crippen LogP contribution is -2.16. The molecule has 18 heavy (non-hydrogen) atoms. The Kier molecular flexibility index (Phi) is 4.12. The average Bonchev–Trinajstić information content (AvgIpc) is 2.32. The molecule has 6 heteroatoms. The van der Waals surface area contributed by atoms with Crippen LogP contribution in [0.3, 0.4) is 0 Å². The molecule has 1 aromatic carbocycles. The van der Waals surface area contributed by atoms with Crippen molar-refractivity contribution in [1.29, 1.82) is 0 Å². The van der Waals surface area contributed by atoms with Crippen LogP contribution >= 0.6 is 23.2 Å². The van der Waals surface area contributed by atoms with Gasteiger partial charge in [-0.05, 0) is 23.8 Å². The fourth-order valence-corrected chi connectivity index (χ4v) is 1.62. The number of benzene rings is 1. The summed E-state index contributed by atoms with van der Waals surface area (Å²) in [6.07, 6.45) is 1.71. The molecule has 1 heterocycles. The van der Waals surface area contributed by atoms with Crippen LogP contribution in [0.15, 0.2) is 36.5 Å². The van der Waals surface area contributed by atoms with Gasteiger partial charge in [-0.2, -0.15) is 0 Å². The summed E-state index contributed by atoms with van der Waals surface area (Å²) in [6, 6.07) is 8.60. The molecular weight excluding hydrogens is 273 g/mol. The Labute approximate surface area is 114 Å². The monoisotopic (exact) mass is 281 g/mol. The lowest BCUT2D eigenvalue weighted by molar-refractivity contribution is -0.115. The first-order valence-electron chi connectivity index (χ1n) is 5.16. The lowest BCUT2D eigenvalue weighted by atomic mass is 10.1. The van der Waals surface area contributed by atoms with E-state index in [0.29, 0.717) is 5.02 Å². The predicted molar refractivity (Wildman–Crippen MR) is 70.8 cm³/mol. The number of nitrogens with zero attached hydrogens (tertiary/aromatic N) is 2. The van der Waals surface area contributed by atoms with Gasteiger partial charge < -0.3 is 0 Å². The quantitative estimate of drug-likeness (QED) is 0.880. The van der Waals surface area contributed by atoms with Crippen molar-refractivity contribution in [2.45, 2.75) is 6.42 Å². The number of nitrogens with one attached hydrogen (secondary N) is 1. The molecule has 0 atom stereocenters. The highest BCUT2D eigenvalue weighted by Crippen LogP contribution is 2.11. The molecule has 0 saturated heterocycles. The second-order valence-corrected chi connectivity index (χ2v) is 4.38. The van der Waals surface area contributed by atoms with E-state index in [4.69, 9.17) is 23.2 Å². The van der Waals surface area contributed by atoms with E-state index in [0.717, 1.165) is 5.56 Å². The smallest absolute Gasteiger partial charge is 0.231 e. The number of hydrogen-bond donors (Lipinski definition) is 1. The summed E-state index contributed by atoms with van der Waals surface area (Å²) in [6.45, 7) is 0. The number of anilines is 1. The van der Waals surface area contributed by atoms with Gasteiger partial charge in [0.15, 0.2) is 0 Å². The van der Waals surface area contributed by atoms with Gasteiger partial charge in [0.25, 0.3) is 0 Å². The minimum atomic E-state index is -0.209. The minimum absolute atomic E-state index is 0.196. The molecule has 0 unspecified atom stereocenters. The van der Waals surface area contributed by atoms with Crippen LogP contribution in [0.1, 0.15) is 5.56 Å². The highest BCUT2D eigenvalue weighted by Gasteiger charge is 2.06. The van der Waals surface area contributed by atoms with Crippen LogP contribution in [0.5, 0.6) is 0 Å². The van der Waals surface area contributed by atoms with E-state index in [1.165, 1.54) is 12.3 Å². The lowest BCUT2D eigenvalue weighted by Gasteiger charge is -2.03. The van der Waals surface area contributed by atoms with Crippen LogP contribution in [0.4, 0.5) is 5.95 Å². The summed E-state index contributed by atoms with van der Waals surface area (Å²) in [7, 11) is 0. The van der Waals surface area contributed by atoms with Crippen molar-refractivity contribution in [3.63, 3.8) is 0 Å². The van der Waals surface area contributed by atoms with Crippen molar-refractivity contribution in [3.8, 4) is 0 Å². The highest BCUT2D eigenvalue weighted by molar-refractivity contribution is 6.30. The standard InChI is InChI=1S/C12H9Cl2N3O/c13-9-3-1-8(2-4-9)7-11(18)17-12-15-6-5-10(14)16-12/h1-6H,7H2,(H,15,16,17,18). The number of halogens is 2. The predicted octanol–water partition coefficient (Wildman–Crippen LogP) is 2.96. The molecule has 1 aromatic heterocycles. The van der Waals surface area contributed by atoms with Crippen molar-refractivity contribution in [2.75, 3.05) is 5.32 Å². The Bertz CT molecular complexity index is 558. The SMILES string of the molecule is O=C(Cc1ccc(Cl)cc1)Nc1nccc(Cl)n1. The Morgan fingerprint density at radius 3 is 2.56 bits per heavy atom. The number of amides is 1. The van der Waals surface area contributed by atoms with Crippen molar-refractivity contribution < 1.29 is 4.79 Å². The third kappa shape index (κ3) is 3.68. The molecule has 0 aliphatic heterocycles. The average molecular weight is 282 g/mol. The van der Waals surface area contributed by atoms with Crippen molar-refractivity contribution in [2.24, 2.45) is 0 Å². The first-order chi connectivity index (χ1) is 8.63. The molecule has 0 bridgehead atoms. The Hall–Kier alpha value is -1.65. The zero-order valence-electron chi connectivity index (χ0n) is 9.23. The van der Waals surface area contributed by atoms with E-state index in [1.807, 2.05) is 0 Å². The van der Waals surface area contributed by atoms with Crippen molar-refractivity contribution >= 4 is 35.1 Å². The number of carbonyl (C=O) groups is 1. The van der Waals surface area contributed by atoms with E-state index in [2.05, 4.69) is 15.3 Å². The van der Waals surface area contributed by atoms with Gasteiger partial charge in [-0.1, -0.05) is 35.3 Å². The van der Waals surface area contributed by atoms with E-state index in [9.17, 15) is 4.79 Å². The summed E-state index contributed by atoms with van der Waals surface area (Å²) >= 11 is 11.4. The van der Waals surface area contributed by atoms with Crippen LogP contribution < -0.4 is 5.32 Å². The van der Waals surface area contributed by atoms with Crippen molar-refractivity contribution in [1.82, 2.24) is 9.97 Å². The van der Waals surface area contributed by atoms with Gasteiger partial charge in [0.2, 0.25) is 11.9 Å².